The molecule has 94 valence electrons. The summed E-state index contributed by atoms with van der Waals surface area (Å²) in [6, 6.07) is 7.66. The van der Waals surface area contributed by atoms with Crippen molar-refractivity contribution >= 4 is 11.6 Å². The molecule has 0 amide bonds. The van der Waals surface area contributed by atoms with E-state index in [0.29, 0.717) is 5.02 Å². The number of benzene rings is 1. The molecule has 5 nitrogen and oxygen atoms in total. The molecule has 1 aromatic heterocycles. The molecule has 0 radical (unpaired) electrons. The standard InChI is InChI=1S/C12H14ClN5/c13-9-4-3-5-10(8-9)18-16-12(15-17-18)11-6-1-2-7-14-11/h3-5,8,11,14H,1-2,6-7H2. The number of hydrogen-bond acceptors (Lipinski definition) is 4. The van der Waals surface area contributed by atoms with Gasteiger partial charge in [-0.25, -0.2) is 0 Å². The van der Waals surface area contributed by atoms with Crippen molar-refractivity contribution in [2.24, 2.45) is 0 Å². The quantitative estimate of drug-likeness (QED) is 0.902. The van der Waals surface area contributed by atoms with Gasteiger partial charge >= 0.3 is 0 Å². The molecule has 1 aliphatic rings. The zero-order valence-corrected chi connectivity index (χ0v) is 10.6. The molecule has 1 N–H and O–H groups in total. The van der Waals surface area contributed by atoms with E-state index in [9.17, 15) is 0 Å². The van der Waals surface area contributed by atoms with Crippen molar-refractivity contribution in [1.29, 1.82) is 0 Å². The molecule has 1 unspecified atom stereocenters. The van der Waals surface area contributed by atoms with Crippen molar-refractivity contribution < 1.29 is 0 Å². The Labute approximate surface area is 110 Å². The largest absolute Gasteiger partial charge is 0.307 e. The van der Waals surface area contributed by atoms with Gasteiger partial charge in [-0.1, -0.05) is 24.1 Å². The van der Waals surface area contributed by atoms with Gasteiger partial charge in [0.15, 0.2) is 5.82 Å². The molecule has 1 atom stereocenters. The van der Waals surface area contributed by atoms with Gasteiger partial charge in [0.05, 0.1) is 11.7 Å². The maximum absolute atomic E-state index is 5.95. The Morgan fingerprint density at radius 3 is 3.06 bits per heavy atom. The summed E-state index contributed by atoms with van der Waals surface area (Å²) in [4.78, 5) is 1.53. The number of aromatic nitrogens is 4. The fourth-order valence-electron chi connectivity index (χ4n) is 2.15. The minimum absolute atomic E-state index is 0.228. The van der Waals surface area contributed by atoms with Crippen molar-refractivity contribution in [3.63, 3.8) is 0 Å². The average molecular weight is 264 g/mol. The van der Waals surface area contributed by atoms with Crippen LogP contribution in [0.15, 0.2) is 24.3 Å². The SMILES string of the molecule is Clc1cccc(-n2nnc(C3CCCCN3)n2)c1. The van der Waals surface area contributed by atoms with Crippen molar-refractivity contribution in [2.75, 3.05) is 6.54 Å². The molecule has 6 heteroatoms. The molecule has 1 aromatic carbocycles. The third-order valence-corrected chi connectivity index (χ3v) is 3.33. The molecule has 0 bridgehead atoms. The predicted molar refractivity (Wildman–Crippen MR) is 68.8 cm³/mol. The van der Waals surface area contributed by atoms with Gasteiger partial charge in [0.1, 0.15) is 0 Å². The van der Waals surface area contributed by atoms with Crippen LogP contribution in [0.4, 0.5) is 0 Å². The Hall–Kier alpha value is -1.46. The summed E-state index contributed by atoms with van der Waals surface area (Å²) in [5.74, 6) is 0.759. The highest BCUT2D eigenvalue weighted by Crippen LogP contribution is 2.20. The van der Waals surface area contributed by atoms with Crippen LogP contribution in [0.1, 0.15) is 31.1 Å². The molecule has 1 aliphatic heterocycles. The van der Waals surface area contributed by atoms with Crippen LogP contribution in [0.5, 0.6) is 0 Å². The van der Waals surface area contributed by atoms with E-state index in [2.05, 4.69) is 20.7 Å². The van der Waals surface area contributed by atoms with Gasteiger partial charge in [-0.15, -0.1) is 15.0 Å². The molecule has 1 fully saturated rings. The van der Waals surface area contributed by atoms with E-state index in [0.717, 1.165) is 24.5 Å². The van der Waals surface area contributed by atoms with E-state index in [4.69, 9.17) is 11.6 Å². The molecular weight excluding hydrogens is 250 g/mol. The lowest BCUT2D eigenvalue weighted by atomic mass is 10.1. The molecule has 18 heavy (non-hydrogen) atoms. The van der Waals surface area contributed by atoms with Crippen molar-refractivity contribution in [3.05, 3.63) is 35.1 Å². The highest BCUT2D eigenvalue weighted by atomic mass is 35.5. The molecule has 0 saturated carbocycles. The zero-order valence-electron chi connectivity index (χ0n) is 9.88. The van der Waals surface area contributed by atoms with Gasteiger partial charge in [0, 0.05) is 5.02 Å². The maximum Gasteiger partial charge on any atom is 0.192 e. The van der Waals surface area contributed by atoms with Gasteiger partial charge in [0.2, 0.25) is 0 Å². The second kappa shape index (κ2) is 5.04. The number of rotatable bonds is 2. The Balaban J connectivity index is 1.84. The van der Waals surface area contributed by atoms with Gasteiger partial charge in [-0.2, -0.15) is 0 Å². The lowest BCUT2D eigenvalue weighted by Crippen LogP contribution is -2.27. The van der Waals surface area contributed by atoms with Crippen molar-refractivity contribution in [3.8, 4) is 5.69 Å². The van der Waals surface area contributed by atoms with Crippen LogP contribution in [0, 0.1) is 0 Å². The summed E-state index contributed by atoms with van der Waals surface area (Å²) in [6.07, 6.45) is 3.50. The topological polar surface area (TPSA) is 55.6 Å². The summed E-state index contributed by atoms with van der Waals surface area (Å²) in [6.45, 7) is 1.02. The van der Waals surface area contributed by atoms with E-state index in [1.165, 1.54) is 17.6 Å². The number of nitrogens with zero attached hydrogens (tertiary/aromatic N) is 4. The summed E-state index contributed by atoms with van der Waals surface area (Å²) in [5, 5.41) is 16.7. The smallest absolute Gasteiger partial charge is 0.192 e. The monoisotopic (exact) mass is 263 g/mol. The first-order valence-corrected chi connectivity index (χ1v) is 6.50. The summed E-state index contributed by atoms with van der Waals surface area (Å²) >= 11 is 5.95. The molecule has 2 aromatic rings. The van der Waals surface area contributed by atoms with Crippen LogP contribution >= 0.6 is 11.6 Å². The Kier molecular flexibility index (Phi) is 3.25. The number of tetrazole rings is 1. The van der Waals surface area contributed by atoms with Crippen LogP contribution in [0.2, 0.25) is 5.02 Å². The number of halogens is 1. The predicted octanol–water partition coefficient (Wildman–Crippen LogP) is 2.13. The van der Waals surface area contributed by atoms with Crippen LogP contribution < -0.4 is 5.32 Å². The minimum atomic E-state index is 0.228. The Morgan fingerprint density at radius 1 is 1.33 bits per heavy atom. The lowest BCUT2D eigenvalue weighted by molar-refractivity contribution is 0.397. The molecule has 2 heterocycles. The third kappa shape index (κ3) is 2.37. The fourth-order valence-corrected chi connectivity index (χ4v) is 2.33. The van der Waals surface area contributed by atoms with Crippen molar-refractivity contribution in [1.82, 2.24) is 25.5 Å². The number of piperidine rings is 1. The van der Waals surface area contributed by atoms with E-state index in [-0.39, 0.29) is 6.04 Å². The normalized spacial score (nSPS) is 19.9. The number of hydrogen-bond donors (Lipinski definition) is 1. The summed E-state index contributed by atoms with van der Waals surface area (Å²) in [7, 11) is 0. The van der Waals surface area contributed by atoms with Crippen LogP contribution in [0.3, 0.4) is 0 Å². The molecule has 0 spiro atoms. The van der Waals surface area contributed by atoms with E-state index < -0.39 is 0 Å². The Bertz CT molecular complexity index is 533. The van der Waals surface area contributed by atoms with E-state index >= 15 is 0 Å². The first kappa shape index (κ1) is 11.6. The molecular formula is C12H14ClN5. The van der Waals surface area contributed by atoms with Gasteiger partial charge in [0.25, 0.3) is 0 Å². The molecule has 0 aliphatic carbocycles. The first-order valence-electron chi connectivity index (χ1n) is 6.12. The second-order valence-corrected chi connectivity index (χ2v) is 4.86. The van der Waals surface area contributed by atoms with Crippen LogP contribution in [-0.2, 0) is 0 Å². The maximum atomic E-state index is 5.95. The second-order valence-electron chi connectivity index (χ2n) is 4.42. The third-order valence-electron chi connectivity index (χ3n) is 3.09. The summed E-state index contributed by atoms with van der Waals surface area (Å²) < 4.78 is 0. The highest BCUT2D eigenvalue weighted by molar-refractivity contribution is 6.30. The zero-order chi connectivity index (χ0) is 12.4. The van der Waals surface area contributed by atoms with Gasteiger partial charge in [-0.05, 0) is 42.8 Å². The van der Waals surface area contributed by atoms with E-state index in [1.807, 2.05) is 24.3 Å². The molecule has 3 rings (SSSR count). The lowest BCUT2D eigenvalue weighted by Gasteiger charge is -2.19. The number of nitrogens with one attached hydrogen (secondary N) is 1. The van der Waals surface area contributed by atoms with E-state index in [1.54, 1.807) is 0 Å². The van der Waals surface area contributed by atoms with Crippen LogP contribution in [-0.4, -0.2) is 26.8 Å². The summed E-state index contributed by atoms with van der Waals surface area (Å²) in [5.41, 5.74) is 0.831. The van der Waals surface area contributed by atoms with Gasteiger partial charge in [-0.3, -0.25) is 0 Å². The molecule has 1 saturated heterocycles. The highest BCUT2D eigenvalue weighted by Gasteiger charge is 2.19. The van der Waals surface area contributed by atoms with Gasteiger partial charge < -0.3 is 5.32 Å². The average Bonchev–Trinajstić information content (AvgIpc) is 2.89. The van der Waals surface area contributed by atoms with Crippen molar-refractivity contribution in [2.45, 2.75) is 25.3 Å². The fraction of sp³-hybridized carbons (Fsp3) is 0.417. The first-order chi connectivity index (χ1) is 8.83. The minimum Gasteiger partial charge on any atom is -0.307 e. The Morgan fingerprint density at radius 2 is 2.28 bits per heavy atom. The van der Waals surface area contributed by atoms with Crippen LogP contribution in [0.25, 0.3) is 5.69 Å².